The molecule has 0 aliphatic heterocycles. The summed E-state index contributed by atoms with van der Waals surface area (Å²) in [5.74, 6) is 0. The molecule has 0 radical (unpaired) electrons. The van der Waals surface area contributed by atoms with Gasteiger partial charge in [-0.25, -0.2) is 4.98 Å². The molecule has 1 unspecified atom stereocenters. The van der Waals surface area contributed by atoms with Gasteiger partial charge in [-0.15, -0.1) is 0 Å². The summed E-state index contributed by atoms with van der Waals surface area (Å²) >= 11 is 0. The van der Waals surface area contributed by atoms with E-state index in [9.17, 15) is 5.26 Å². The van der Waals surface area contributed by atoms with E-state index >= 15 is 0 Å². The maximum absolute atomic E-state index is 9.27. The molecule has 2 aromatic rings. The number of hydrogen-bond acceptors (Lipinski definition) is 4. The lowest BCUT2D eigenvalue weighted by molar-refractivity contribution is 0.444. The molecule has 1 atom stereocenters. The van der Waals surface area contributed by atoms with Crippen LogP contribution in [0.25, 0.3) is 11.1 Å². The van der Waals surface area contributed by atoms with Gasteiger partial charge in [0.05, 0.1) is 17.5 Å². The van der Waals surface area contributed by atoms with Gasteiger partial charge in [0.1, 0.15) is 5.52 Å². The Kier molecular flexibility index (Phi) is 2.17. The van der Waals surface area contributed by atoms with Gasteiger partial charge in [0.25, 0.3) is 0 Å². The second kappa shape index (κ2) is 3.57. The third-order valence-corrected chi connectivity index (χ3v) is 3.54. The number of nitriles is 1. The van der Waals surface area contributed by atoms with E-state index in [0.29, 0.717) is 0 Å². The van der Waals surface area contributed by atoms with Gasteiger partial charge in [-0.2, -0.15) is 5.26 Å². The molecule has 4 heteroatoms. The molecule has 1 aliphatic rings. The number of aromatic nitrogens is 1. The summed E-state index contributed by atoms with van der Waals surface area (Å²) in [6.45, 7) is 0. The molecular weight excluding hydrogens is 214 g/mol. The predicted molar refractivity (Wildman–Crippen MR) is 63.1 cm³/mol. The van der Waals surface area contributed by atoms with Crippen molar-refractivity contribution < 1.29 is 4.42 Å². The van der Waals surface area contributed by atoms with Crippen molar-refractivity contribution in [1.82, 2.24) is 10.3 Å². The highest BCUT2D eigenvalue weighted by atomic mass is 16.3. The molecule has 0 spiro atoms. The standard InChI is InChI=1S/C13H13N3O/c1-15-12(13(7-14)4-5-13)9-2-3-10-11(6-9)17-8-16-10/h2-3,6,8,12,15H,4-5H2,1H3. The van der Waals surface area contributed by atoms with E-state index in [-0.39, 0.29) is 11.5 Å². The van der Waals surface area contributed by atoms with Crippen molar-refractivity contribution in [2.24, 2.45) is 5.41 Å². The van der Waals surface area contributed by atoms with Crippen molar-refractivity contribution in [3.63, 3.8) is 0 Å². The van der Waals surface area contributed by atoms with Gasteiger partial charge in [-0.3, -0.25) is 0 Å². The van der Waals surface area contributed by atoms with Crippen LogP contribution in [0.1, 0.15) is 24.4 Å². The van der Waals surface area contributed by atoms with Crippen LogP contribution in [0.5, 0.6) is 0 Å². The van der Waals surface area contributed by atoms with Crippen molar-refractivity contribution >= 4 is 11.1 Å². The second-order valence-corrected chi connectivity index (χ2v) is 4.57. The smallest absolute Gasteiger partial charge is 0.181 e. The Morgan fingerprint density at radius 1 is 1.53 bits per heavy atom. The molecule has 1 heterocycles. The maximum Gasteiger partial charge on any atom is 0.181 e. The minimum absolute atomic E-state index is 0.0713. The molecule has 1 aliphatic carbocycles. The lowest BCUT2D eigenvalue weighted by atomic mass is 9.91. The molecule has 0 amide bonds. The van der Waals surface area contributed by atoms with E-state index in [2.05, 4.69) is 16.4 Å². The molecule has 1 N–H and O–H groups in total. The van der Waals surface area contributed by atoms with Crippen LogP contribution in [0.4, 0.5) is 0 Å². The first-order chi connectivity index (χ1) is 8.29. The lowest BCUT2D eigenvalue weighted by Gasteiger charge is -2.21. The third-order valence-electron chi connectivity index (χ3n) is 3.54. The normalized spacial score (nSPS) is 18.8. The van der Waals surface area contributed by atoms with E-state index < -0.39 is 0 Å². The minimum atomic E-state index is -0.234. The predicted octanol–water partition coefficient (Wildman–Crippen LogP) is 2.39. The van der Waals surface area contributed by atoms with Crippen LogP contribution < -0.4 is 5.32 Å². The highest BCUT2D eigenvalue weighted by Gasteiger charge is 2.50. The van der Waals surface area contributed by atoms with Gasteiger partial charge in [0, 0.05) is 0 Å². The van der Waals surface area contributed by atoms with Gasteiger partial charge < -0.3 is 9.73 Å². The van der Waals surface area contributed by atoms with Crippen LogP contribution in [-0.2, 0) is 0 Å². The number of fused-ring (bicyclic) bond motifs is 1. The fourth-order valence-corrected chi connectivity index (χ4v) is 2.41. The van der Waals surface area contributed by atoms with Crippen LogP contribution in [-0.4, -0.2) is 12.0 Å². The summed E-state index contributed by atoms with van der Waals surface area (Å²) in [6, 6.07) is 8.43. The zero-order chi connectivity index (χ0) is 11.9. The number of benzene rings is 1. The van der Waals surface area contributed by atoms with Crippen LogP contribution in [0.2, 0.25) is 0 Å². The summed E-state index contributed by atoms with van der Waals surface area (Å²) in [5.41, 5.74) is 2.49. The van der Waals surface area contributed by atoms with Crippen molar-refractivity contribution in [1.29, 1.82) is 5.26 Å². The highest BCUT2D eigenvalue weighted by Crippen LogP contribution is 2.54. The van der Waals surface area contributed by atoms with Crippen LogP contribution in [0.3, 0.4) is 0 Å². The molecule has 0 bridgehead atoms. The summed E-state index contributed by atoms with van der Waals surface area (Å²) < 4.78 is 5.30. The van der Waals surface area contributed by atoms with E-state index in [1.807, 2.05) is 25.2 Å². The Morgan fingerprint density at radius 2 is 2.35 bits per heavy atom. The molecule has 86 valence electrons. The van der Waals surface area contributed by atoms with Crippen LogP contribution >= 0.6 is 0 Å². The first kappa shape index (κ1) is 10.3. The van der Waals surface area contributed by atoms with Gasteiger partial charge >= 0.3 is 0 Å². The molecule has 1 fully saturated rings. The Bertz CT molecular complexity index is 592. The topological polar surface area (TPSA) is 61.9 Å². The molecule has 1 saturated carbocycles. The van der Waals surface area contributed by atoms with Gasteiger partial charge in [0.15, 0.2) is 12.0 Å². The van der Waals surface area contributed by atoms with E-state index in [1.54, 1.807) is 0 Å². The fraction of sp³-hybridized carbons (Fsp3) is 0.385. The summed E-state index contributed by atoms with van der Waals surface area (Å²) in [5, 5.41) is 12.5. The summed E-state index contributed by atoms with van der Waals surface area (Å²) in [4.78, 5) is 4.09. The Labute approximate surface area is 99.3 Å². The monoisotopic (exact) mass is 227 g/mol. The van der Waals surface area contributed by atoms with Crippen molar-refractivity contribution in [3.8, 4) is 6.07 Å². The number of hydrogen-bond donors (Lipinski definition) is 1. The first-order valence-corrected chi connectivity index (χ1v) is 5.71. The Balaban J connectivity index is 2.04. The molecule has 1 aromatic carbocycles. The largest absolute Gasteiger partial charge is 0.443 e. The highest BCUT2D eigenvalue weighted by molar-refractivity contribution is 5.73. The molecule has 0 saturated heterocycles. The van der Waals surface area contributed by atoms with E-state index in [0.717, 1.165) is 29.5 Å². The average molecular weight is 227 g/mol. The average Bonchev–Trinajstić information content (AvgIpc) is 3.00. The molecule has 3 rings (SSSR count). The SMILES string of the molecule is CNC(c1ccc2ncoc2c1)C1(C#N)CC1. The van der Waals surface area contributed by atoms with E-state index in [1.165, 1.54) is 6.39 Å². The zero-order valence-electron chi connectivity index (χ0n) is 9.60. The third kappa shape index (κ3) is 1.51. The Morgan fingerprint density at radius 3 is 3.00 bits per heavy atom. The Hall–Kier alpha value is -1.86. The molecule has 4 nitrogen and oxygen atoms in total. The fourth-order valence-electron chi connectivity index (χ4n) is 2.41. The number of oxazole rings is 1. The van der Waals surface area contributed by atoms with Crippen LogP contribution in [0.15, 0.2) is 29.0 Å². The van der Waals surface area contributed by atoms with Gasteiger partial charge in [-0.1, -0.05) is 6.07 Å². The minimum Gasteiger partial charge on any atom is -0.443 e. The number of rotatable bonds is 3. The van der Waals surface area contributed by atoms with Crippen molar-refractivity contribution in [2.45, 2.75) is 18.9 Å². The molecule has 1 aromatic heterocycles. The first-order valence-electron chi connectivity index (χ1n) is 5.71. The van der Waals surface area contributed by atoms with E-state index in [4.69, 9.17) is 4.42 Å². The zero-order valence-corrected chi connectivity index (χ0v) is 9.60. The summed E-state index contributed by atoms with van der Waals surface area (Å²) in [7, 11) is 1.90. The molecular formula is C13H13N3O. The maximum atomic E-state index is 9.27. The number of nitrogens with zero attached hydrogens (tertiary/aromatic N) is 2. The van der Waals surface area contributed by atoms with Gasteiger partial charge in [-0.05, 0) is 37.6 Å². The molecule has 17 heavy (non-hydrogen) atoms. The van der Waals surface area contributed by atoms with Crippen molar-refractivity contribution in [3.05, 3.63) is 30.2 Å². The van der Waals surface area contributed by atoms with Gasteiger partial charge in [0.2, 0.25) is 0 Å². The summed E-state index contributed by atoms with van der Waals surface area (Å²) in [6.07, 6.45) is 3.37. The second-order valence-electron chi connectivity index (χ2n) is 4.57. The van der Waals surface area contributed by atoms with Crippen molar-refractivity contribution in [2.75, 3.05) is 7.05 Å². The quantitative estimate of drug-likeness (QED) is 0.874. The number of nitrogens with one attached hydrogen (secondary N) is 1. The van der Waals surface area contributed by atoms with Crippen LogP contribution in [0, 0.1) is 16.7 Å². The lowest BCUT2D eigenvalue weighted by Crippen LogP contribution is -2.25.